The third kappa shape index (κ3) is 5.65. The van der Waals surface area contributed by atoms with Crippen molar-refractivity contribution in [2.24, 2.45) is 5.92 Å². The highest BCUT2D eigenvalue weighted by atomic mass is 19.1. The van der Waals surface area contributed by atoms with Crippen molar-refractivity contribution < 1.29 is 9.18 Å². The lowest BCUT2D eigenvalue weighted by molar-refractivity contribution is -0.118. The lowest BCUT2D eigenvalue weighted by Gasteiger charge is -2.33. The minimum Gasteiger partial charge on any atom is -0.311 e. The normalized spacial score (nSPS) is 15.5. The Morgan fingerprint density at radius 2 is 1.71 bits per heavy atom. The van der Waals surface area contributed by atoms with Gasteiger partial charge in [-0.3, -0.25) is 4.79 Å². The Morgan fingerprint density at radius 1 is 1.07 bits per heavy atom. The molecule has 0 spiro atoms. The molecule has 1 fully saturated rings. The van der Waals surface area contributed by atoms with Crippen LogP contribution in [0, 0.1) is 18.7 Å². The first-order valence-electron chi connectivity index (χ1n) is 10.4. The van der Waals surface area contributed by atoms with Gasteiger partial charge >= 0.3 is 0 Å². The second-order valence-corrected chi connectivity index (χ2v) is 7.85. The summed E-state index contributed by atoms with van der Waals surface area (Å²) >= 11 is 0. The van der Waals surface area contributed by atoms with Gasteiger partial charge in [0.1, 0.15) is 5.82 Å². The molecule has 1 aliphatic heterocycles. The van der Waals surface area contributed by atoms with E-state index in [1.807, 2.05) is 6.92 Å². The summed E-state index contributed by atoms with van der Waals surface area (Å²) in [5, 5.41) is 0. The van der Waals surface area contributed by atoms with Gasteiger partial charge < -0.3 is 9.80 Å². The molecule has 1 heterocycles. The molecule has 2 aromatic carbocycles. The smallest absolute Gasteiger partial charge is 0.226 e. The van der Waals surface area contributed by atoms with E-state index in [1.165, 1.54) is 36.1 Å². The standard InChI is InChI=1S/C24H31FN2O/c1-3-24(28)27(23-10-8-22(25)9-11-23)17-16-26-14-12-21(13-15-26)18-20-6-4-19(2)5-7-20/h4-11,21H,3,12-18H2,1-2H3. The van der Waals surface area contributed by atoms with E-state index >= 15 is 0 Å². The minimum absolute atomic E-state index is 0.0841. The molecule has 3 nitrogen and oxygen atoms in total. The minimum atomic E-state index is -0.275. The number of piperidine rings is 1. The fourth-order valence-corrected chi connectivity index (χ4v) is 3.92. The molecule has 0 aromatic heterocycles. The molecule has 1 aliphatic rings. The van der Waals surface area contributed by atoms with Crippen molar-refractivity contribution in [3.63, 3.8) is 0 Å². The van der Waals surface area contributed by atoms with Crippen molar-refractivity contribution in [1.82, 2.24) is 4.90 Å². The molecular weight excluding hydrogens is 351 g/mol. The lowest BCUT2D eigenvalue weighted by atomic mass is 9.90. The zero-order chi connectivity index (χ0) is 19.9. The van der Waals surface area contributed by atoms with Gasteiger partial charge in [0, 0.05) is 25.2 Å². The Labute approximate surface area is 168 Å². The van der Waals surface area contributed by atoms with E-state index in [4.69, 9.17) is 0 Å². The molecule has 0 N–H and O–H groups in total. The summed E-state index contributed by atoms with van der Waals surface area (Å²) in [4.78, 5) is 16.6. The van der Waals surface area contributed by atoms with Gasteiger partial charge in [0.2, 0.25) is 5.91 Å². The highest BCUT2D eigenvalue weighted by Gasteiger charge is 2.21. The second-order valence-electron chi connectivity index (χ2n) is 7.85. The second kappa shape index (κ2) is 9.83. The Bertz CT molecular complexity index is 749. The monoisotopic (exact) mass is 382 g/mol. The first-order valence-corrected chi connectivity index (χ1v) is 10.4. The van der Waals surface area contributed by atoms with Crippen molar-refractivity contribution in [2.75, 3.05) is 31.1 Å². The van der Waals surface area contributed by atoms with Gasteiger partial charge in [-0.1, -0.05) is 36.8 Å². The van der Waals surface area contributed by atoms with E-state index in [1.54, 1.807) is 17.0 Å². The number of rotatable bonds is 7. The average molecular weight is 383 g/mol. The van der Waals surface area contributed by atoms with Crippen LogP contribution in [0.4, 0.5) is 10.1 Å². The highest BCUT2D eigenvalue weighted by Crippen LogP contribution is 2.22. The number of carbonyl (C=O) groups excluding carboxylic acids is 1. The first kappa shape index (κ1) is 20.5. The number of anilines is 1. The Balaban J connectivity index is 1.49. The summed E-state index contributed by atoms with van der Waals surface area (Å²) in [6.07, 6.45) is 4.01. The number of likely N-dealkylation sites (tertiary alicyclic amines) is 1. The van der Waals surface area contributed by atoms with E-state index in [0.29, 0.717) is 13.0 Å². The van der Waals surface area contributed by atoms with Crippen LogP contribution in [0.5, 0.6) is 0 Å². The Hall–Kier alpha value is -2.20. The van der Waals surface area contributed by atoms with Crippen LogP contribution in [0.25, 0.3) is 0 Å². The van der Waals surface area contributed by atoms with Crippen LogP contribution in [0.2, 0.25) is 0 Å². The van der Waals surface area contributed by atoms with Crippen LogP contribution in [0.15, 0.2) is 48.5 Å². The predicted octanol–water partition coefficient (Wildman–Crippen LogP) is 4.83. The summed E-state index contributed by atoms with van der Waals surface area (Å²) in [6.45, 7) is 7.67. The molecule has 0 unspecified atom stereocenters. The summed E-state index contributed by atoms with van der Waals surface area (Å²) in [6, 6.07) is 15.1. The zero-order valence-electron chi connectivity index (χ0n) is 17.0. The first-order chi connectivity index (χ1) is 13.5. The molecule has 0 saturated carbocycles. The van der Waals surface area contributed by atoms with Crippen molar-refractivity contribution in [1.29, 1.82) is 0 Å². The number of carbonyl (C=O) groups is 1. The lowest BCUT2D eigenvalue weighted by Crippen LogP contribution is -2.42. The fourth-order valence-electron chi connectivity index (χ4n) is 3.92. The van der Waals surface area contributed by atoms with Gasteiger partial charge in [-0.25, -0.2) is 4.39 Å². The molecule has 1 amide bonds. The molecule has 1 saturated heterocycles. The van der Waals surface area contributed by atoms with Crippen molar-refractivity contribution in [2.45, 2.75) is 39.5 Å². The van der Waals surface area contributed by atoms with E-state index in [2.05, 4.69) is 36.1 Å². The van der Waals surface area contributed by atoms with Gasteiger partial charge in [0.05, 0.1) is 0 Å². The maximum Gasteiger partial charge on any atom is 0.226 e. The summed E-state index contributed by atoms with van der Waals surface area (Å²) in [7, 11) is 0. The number of halogens is 1. The van der Waals surface area contributed by atoms with Crippen molar-refractivity contribution >= 4 is 11.6 Å². The number of aryl methyl sites for hydroxylation is 1. The molecular formula is C24H31FN2O. The van der Waals surface area contributed by atoms with Crippen LogP contribution in [-0.2, 0) is 11.2 Å². The maximum atomic E-state index is 13.2. The van der Waals surface area contributed by atoms with Gasteiger partial charge in [0.25, 0.3) is 0 Å². The van der Waals surface area contributed by atoms with Crippen LogP contribution >= 0.6 is 0 Å². The third-order valence-corrected chi connectivity index (χ3v) is 5.73. The third-order valence-electron chi connectivity index (χ3n) is 5.73. The molecule has 150 valence electrons. The number of hydrogen-bond acceptors (Lipinski definition) is 2. The molecule has 0 bridgehead atoms. The van der Waals surface area contributed by atoms with Crippen LogP contribution < -0.4 is 4.90 Å². The number of hydrogen-bond donors (Lipinski definition) is 0. The largest absolute Gasteiger partial charge is 0.311 e. The van der Waals surface area contributed by atoms with Gasteiger partial charge in [-0.15, -0.1) is 0 Å². The van der Waals surface area contributed by atoms with Crippen LogP contribution in [0.1, 0.15) is 37.3 Å². The number of nitrogens with zero attached hydrogens (tertiary/aromatic N) is 2. The Morgan fingerprint density at radius 3 is 2.32 bits per heavy atom. The van der Waals surface area contributed by atoms with Gasteiger partial charge in [0.15, 0.2) is 0 Å². The van der Waals surface area contributed by atoms with E-state index < -0.39 is 0 Å². The predicted molar refractivity (Wildman–Crippen MR) is 113 cm³/mol. The number of amides is 1. The molecule has 4 heteroatoms. The molecule has 0 atom stereocenters. The molecule has 0 aliphatic carbocycles. The zero-order valence-corrected chi connectivity index (χ0v) is 17.0. The summed E-state index contributed by atoms with van der Waals surface area (Å²) in [5.41, 5.74) is 3.52. The topological polar surface area (TPSA) is 23.6 Å². The summed E-state index contributed by atoms with van der Waals surface area (Å²) < 4.78 is 13.2. The average Bonchev–Trinajstić information content (AvgIpc) is 2.72. The van der Waals surface area contributed by atoms with E-state index in [-0.39, 0.29) is 11.7 Å². The van der Waals surface area contributed by atoms with Gasteiger partial charge in [-0.05, 0) is 75.0 Å². The molecule has 2 aromatic rings. The van der Waals surface area contributed by atoms with Crippen molar-refractivity contribution in [3.05, 3.63) is 65.5 Å². The maximum absolute atomic E-state index is 13.2. The van der Waals surface area contributed by atoms with Gasteiger partial charge in [-0.2, -0.15) is 0 Å². The Kier molecular flexibility index (Phi) is 7.21. The quantitative estimate of drug-likeness (QED) is 0.685. The highest BCUT2D eigenvalue weighted by molar-refractivity contribution is 5.93. The SMILES string of the molecule is CCC(=O)N(CCN1CCC(Cc2ccc(C)cc2)CC1)c1ccc(F)cc1. The van der Waals surface area contributed by atoms with E-state index in [0.717, 1.165) is 37.7 Å². The number of benzene rings is 2. The molecule has 3 rings (SSSR count). The summed E-state index contributed by atoms with van der Waals surface area (Å²) in [5.74, 6) is 0.550. The van der Waals surface area contributed by atoms with Crippen molar-refractivity contribution in [3.8, 4) is 0 Å². The van der Waals surface area contributed by atoms with Crippen LogP contribution in [-0.4, -0.2) is 37.0 Å². The van der Waals surface area contributed by atoms with E-state index in [9.17, 15) is 9.18 Å². The molecule has 0 radical (unpaired) electrons. The molecule has 28 heavy (non-hydrogen) atoms. The van der Waals surface area contributed by atoms with Crippen LogP contribution in [0.3, 0.4) is 0 Å². The fraction of sp³-hybridized carbons (Fsp3) is 0.458.